The number of carbonyl (C=O) groups is 1. The molecule has 9 heteroatoms. The Kier molecular flexibility index (Phi) is 6.71. The Hall–Kier alpha value is -2.91. The summed E-state index contributed by atoms with van der Waals surface area (Å²) < 4.78 is 0.867. The number of anilines is 3. The van der Waals surface area contributed by atoms with Crippen molar-refractivity contribution in [3.63, 3.8) is 0 Å². The third kappa shape index (κ3) is 5.72. The summed E-state index contributed by atoms with van der Waals surface area (Å²) in [5.41, 5.74) is 1.96. The number of aliphatic hydroxyl groups is 1. The standard InChI is InChI=1S/C24H31N5O3S/c1-14(24(2,3)32)12-26-22(30)17-13-25-21(11-19(17)27-15-6-4-5-7-15)28-16-8-9-18-20(10-16)33-23(31)29-18/h8-11,13-15,32H,4-7,12H2,1-3H3,(H,26,30)(H,29,31)(H2,25,27,28)/t14-/m1/s1. The molecule has 8 nitrogen and oxygen atoms in total. The van der Waals surface area contributed by atoms with Crippen LogP contribution in [0.1, 0.15) is 56.8 Å². The predicted molar refractivity (Wildman–Crippen MR) is 134 cm³/mol. The fourth-order valence-electron chi connectivity index (χ4n) is 3.88. The molecule has 1 saturated carbocycles. The number of benzene rings is 1. The molecule has 0 aliphatic heterocycles. The molecule has 2 aromatic heterocycles. The van der Waals surface area contributed by atoms with E-state index in [0.717, 1.165) is 45.8 Å². The SMILES string of the molecule is C[C@H](CNC(=O)c1cnc(Nc2ccc3[nH]c(=O)sc3c2)cc1NC1CCCC1)C(C)(C)O. The van der Waals surface area contributed by atoms with Crippen LogP contribution in [-0.2, 0) is 0 Å². The van der Waals surface area contributed by atoms with Gasteiger partial charge in [0.05, 0.1) is 27.1 Å². The largest absolute Gasteiger partial charge is 0.390 e. The second kappa shape index (κ2) is 9.52. The molecular formula is C24H31N5O3S. The monoisotopic (exact) mass is 469 g/mol. The number of H-pyrrole nitrogens is 1. The van der Waals surface area contributed by atoms with Crippen molar-refractivity contribution in [2.24, 2.45) is 5.92 Å². The molecule has 0 bridgehead atoms. The van der Waals surface area contributed by atoms with Crippen LogP contribution in [0.3, 0.4) is 0 Å². The molecule has 1 atom stereocenters. The summed E-state index contributed by atoms with van der Waals surface area (Å²) in [6.45, 7) is 5.75. The van der Waals surface area contributed by atoms with Crippen molar-refractivity contribution in [2.45, 2.75) is 58.1 Å². The Morgan fingerprint density at radius 2 is 2.06 bits per heavy atom. The predicted octanol–water partition coefficient (Wildman–Crippen LogP) is 4.22. The summed E-state index contributed by atoms with van der Waals surface area (Å²) in [7, 11) is 0. The highest BCUT2D eigenvalue weighted by Gasteiger charge is 2.24. The molecule has 3 aromatic rings. The lowest BCUT2D eigenvalue weighted by atomic mass is 9.93. The Morgan fingerprint density at radius 3 is 2.79 bits per heavy atom. The first-order valence-electron chi connectivity index (χ1n) is 11.4. The van der Waals surface area contributed by atoms with Gasteiger partial charge in [-0.1, -0.05) is 31.1 Å². The maximum Gasteiger partial charge on any atom is 0.305 e. The minimum atomic E-state index is -0.876. The summed E-state index contributed by atoms with van der Waals surface area (Å²) in [5.74, 6) is 0.295. The first-order valence-corrected chi connectivity index (χ1v) is 12.2. The summed E-state index contributed by atoms with van der Waals surface area (Å²) in [6.07, 6.45) is 6.09. The smallest absolute Gasteiger partial charge is 0.305 e. The Morgan fingerprint density at radius 1 is 1.30 bits per heavy atom. The van der Waals surface area contributed by atoms with Gasteiger partial charge in [-0.05, 0) is 44.9 Å². The van der Waals surface area contributed by atoms with Gasteiger partial charge in [-0.15, -0.1) is 0 Å². The third-order valence-electron chi connectivity index (χ3n) is 6.33. The number of nitrogens with one attached hydrogen (secondary N) is 4. The van der Waals surface area contributed by atoms with Crippen LogP contribution >= 0.6 is 11.3 Å². The number of rotatable bonds is 8. The molecule has 1 aliphatic carbocycles. The van der Waals surface area contributed by atoms with Gasteiger partial charge in [0.1, 0.15) is 5.82 Å². The van der Waals surface area contributed by atoms with Crippen molar-refractivity contribution < 1.29 is 9.90 Å². The molecule has 1 fully saturated rings. The van der Waals surface area contributed by atoms with Crippen molar-refractivity contribution in [1.82, 2.24) is 15.3 Å². The van der Waals surface area contributed by atoms with E-state index in [2.05, 4.69) is 25.9 Å². The first kappa shape index (κ1) is 23.3. The van der Waals surface area contributed by atoms with Crippen LogP contribution < -0.4 is 20.8 Å². The maximum absolute atomic E-state index is 13.0. The van der Waals surface area contributed by atoms with Crippen LogP contribution in [-0.4, -0.2) is 39.2 Å². The van der Waals surface area contributed by atoms with E-state index in [1.165, 1.54) is 12.8 Å². The molecule has 4 rings (SSSR count). The number of carbonyl (C=O) groups excluding carboxylic acids is 1. The van der Waals surface area contributed by atoms with Gasteiger partial charge in [0, 0.05) is 36.5 Å². The molecule has 2 heterocycles. The van der Waals surface area contributed by atoms with E-state index in [1.54, 1.807) is 20.0 Å². The molecule has 0 radical (unpaired) electrons. The van der Waals surface area contributed by atoms with Gasteiger partial charge in [0.15, 0.2) is 0 Å². The molecule has 5 N–H and O–H groups in total. The van der Waals surface area contributed by atoms with E-state index in [1.807, 2.05) is 31.2 Å². The second-order valence-corrected chi connectivity index (χ2v) is 10.4. The lowest BCUT2D eigenvalue weighted by molar-refractivity contribution is 0.0252. The average molecular weight is 470 g/mol. The molecule has 1 aromatic carbocycles. The number of amides is 1. The summed E-state index contributed by atoms with van der Waals surface area (Å²) in [6, 6.07) is 7.84. The van der Waals surface area contributed by atoms with Gasteiger partial charge in [0.25, 0.3) is 5.91 Å². The van der Waals surface area contributed by atoms with Crippen molar-refractivity contribution in [3.05, 3.63) is 45.7 Å². The number of aromatic nitrogens is 2. The summed E-state index contributed by atoms with van der Waals surface area (Å²) in [5, 5.41) is 19.9. The number of nitrogens with zero attached hydrogens (tertiary/aromatic N) is 1. The lowest BCUT2D eigenvalue weighted by Crippen LogP contribution is -2.39. The number of hydrogen-bond donors (Lipinski definition) is 5. The third-order valence-corrected chi connectivity index (χ3v) is 7.18. The van der Waals surface area contributed by atoms with E-state index in [4.69, 9.17) is 0 Å². The zero-order chi connectivity index (χ0) is 23.6. The highest BCUT2D eigenvalue weighted by molar-refractivity contribution is 7.16. The normalized spacial score (nSPS) is 15.5. The van der Waals surface area contributed by atoms with E-state index < -0.39 is 5.60 Å². The molecule has 0 saturated heterocycles. The van der Waals surface area contributed by atoms with E-state index in [-0.39, 0.29) is 16.7 Å². The number of fused-ring (bicyclic) bond motifs is 1. The van der Waals surface area contributed by atoms with Gasteiger partial charge in [-0.3, -0.25) is 9.59 Å². The highest BCUT2D eigenvalue weighted by Crippen LogP contribution is 2.28. The zero-order valence-electron chi connectivity index (χ0n) is 19.2. The van der Waals surface area contributed by atoms with E-state index >= 15 is 0 Å². The molecule has 176 valence electrons. The quantitative estimate of drug-likeness (QED) is 0.337. The van der Waals surface area contributed by atoms with Crippen LogP contribution in [0.4, 0.5) is 17.2 Å². The second-order valence-electron chi connectivity index (χ2n) is 9.36. The van der Waals surface area contributed by atoms with Gasteiger partial charge in [-0.25, -0.2) is 4.98 Å². The Balaban J connectivity index is 1.55. The average Bonchev–Trinajstić information content (AvgIpc) is 3.39. The number of hydrogen-bond acceptors (Lipinski definition) is 7. The van der Waals surface area contributed by atoms with Gasteiger partial charge < -0.3 is 26.0 Å². The molecular weight excluding hydrogens is 438 g/mol. The number of thiazole rings is 1. The van der Waals surface area contributed by atoms with Crippen LogP contribution in [0.15, 0.2) is 35.3 Å². The number of pyridine rings is 1. The maximum atomic E-state index is 13.0. The topological polar surface area (TPSA) is 119 Å². The Labute approximate surface area is 196 Å². The van der Waals surface area contributed by atoms with Crippen molar-refractivity contribution >= 4 is 44.7 Å². The number of aromatic amines is 1. The molecule has 33 heavy (non-hydrogen) atoms. The van der Waals surface area contributed by atoms with Crippen LogP contribution in [0, 0.1) is 5.92 Å². The van der Waals surface area contributed by atoms with Gasteiger partial charge in [0.2, 0.25) is 0 Å². The minimum absolute atomic E-state index is 0.0856. The van der Waals surface area contributed by atoms with Crippen LogP contribution in [0.5, 0.6) is 0 Å². The first-order chi connectivity index (χ1) is 15.7. The summed E-state index contributed by atoms with van der Waals surface area (Å²) in [4.78, 5) is 31.7. The molecule has 1 amide bonds. The van der Waals surface area contributed by atoms with E-state index in [0.29, 0.717) is 24.0 Å². The lowest BCUT2D eigenvalue weighted by Gasteiger charge is -2.26. The fourth-order valence-corrected chi connectivity index (χ4v) is 4.65. The minimum Gasteiger partial charge on any atom is -0.390 e. The van der Waals surface area contributed by atoms with E-state index in [9.17, 15) is 14.7 Å². The summed E-state index contributed by atoms with van der Waals surface area (Å²) >= 11 is 1.16. The van der Waals surface area contributed by atoms with Gasteiger partial charge >= 0.3 is 4.87 Å². The van der Waals surface area contributed by atoms with Crippen LogP contribution in [0.25, 0.3) is 10.2 Å². The van der Waals surface area contributed by atoms with Crippen molar-refractivity contribution in [2.75, 3.05) is 17.2 Å². The Bertz CT molecular complexity index is 1190. The highest BCUT2D eigenvalue weighted by atomic mass is 32.1. The van der Waals surface area contributed by atoms with Gasteiger partial charge in [-0.2, -0.15) is 0 Å². The molecule has 0 spiro atoms. The van der Waals surface area contributed by atoms with Crippen molar-refractivity contribution in [1.29, 1.82) is 0 Å². The molecule has 0 unspecified atom stereocenters. The van der Waals surface area contributed by atoms with Crippen LogP contribution in [0.2, 0.25) is 0 Å². The molecule has 1 aliphatic rings. The fraction of sp³-hybridized carbons (Fsp3) is 0.458. The zero-order valence-corrected chi connectivity index (χ0v) is 20.0. The van der Waals surface area contributed by atoms with Crippen molar-refractivity contribution in [3.8, 4) is 0 Å².